The summed E-state index contributed by atoms with van der Waals surface area (Å²) in [5, 5.41) is 2.89. The second-order valence-corrected chi connectivity index (χ2v) is 6.44. The maximum Gasteiger partial charge on any atom is 0.251 e. The molecular formula is C20H21N3O3. The summed E-state index contributed by atoms with van der Waals surface area (Å²) in [4.78, 5) is 31.0. The molecule has 1 N–H and O–H groups in total. The van der Waals surface area contributed by atoms with Crippen LogP contribution < -0.4 is 10.1 Å². The van der Waals surface area contributed by atoms with Crippen molar-refractivity contribution in [2.24, 2.45) is 4.99 Å². The number of amidine groups is 1. The summed E-state index contributed by atoms with van der Waals surface area (Å²) in [7, 11) is 0. The number of benzene rings is 1. The molecule has 6 heteroatoms. The van der Waals surface area contributed by atoms with Gasteiger partial charge in [0.2, 0.25) is 0 Å². The molecule has 0 aromatic heterocycles. The van der Waals surface area contributed by atoms with E-state index in [0.29, 0.717) is 23.9 Å². The van der Waals surface area contributed by atoms with Gasteiger partial charge in [-0.3, -0.25) is 9.59 Å². The van der Waals surface area contributed by atoms with Crippen LogP contribution in [0, 0.1) is 0 Å². The molecule has 0 radical (unpaired) electrons. The van der Waals surface area contributed by atoms with Gasteiger partial charge < -0.3 is 15.0 Å². The maximum absolute atomic E-state index is 13.1. The number of nitrogens with zero attached hydrogens (tertiary/aromatic N) is 2. The van der Waals surface area contributed by atoms with E-state index in [-0.39, 0.29) is 18.2 Å². The van der Waals surface area contributed by atoms with Gasteiger partial charge in [0, 0.05) is 6.20 Å². The van der Waals surface area contributed by atoms with Gasteiger partial charge in [-0.05, 0) is 43.7 Å². The lowest BCUT2D eigenvalue weighted by molar-refractivity contribution is -0.130. The molecule has 0 bridgehead atoms. The molecule has 0 saturated heterocycles. The molecule has 1 atom stereocenters. The van der Waals surface area contributed by atoms with E-state index >= 15 is 0 Å². The number of carbonyl (C=O) groups excluding carboxylic acids is 2. The van der Waals surface area contributed by atoms with E-state index in [2.05, 4.69) is 16.9 Å². The normalized spacial score (nSPS) is 21.5. The van der Waals surface area contributed by atoms with Crippen molar-refractivity contribution in [1.29, 1.82) is 0 Å². The van der Waals surface area contributed by atoms with Gasteiger partial charge >= 0.3 is 0 Å². The predicted octanol–water partition coefficient (Wildman–Crippen LogP) is 3.05. The number of aliphatic imine (C=N–C) groups is 1. The van der Waals surface area contributed by atoms with Crippen LogP contribution in [0.25, 0.3) is 0 Å². The number of hydrogen-bond donors (Lipinski definition) is 1. The second kappa shape index (κ2) is 7.00. The first-order valence-corrected chi connectivity index (χ1v) is 8.35. The highest BCUT2D eigenvalue weighted by molar-refractivity contribution is 6.12. The molecule has 1 aromatic rings. The van der Waals surface area contributed by atoms with Gasteiger partial charge in [0.15, 0.2) is 0 Å². The summed E-state index contributed by atoms with van der Waals surface area (Å²) < 4.78 is 5.59. The highest BCUT2D eigenvalue weighted by atomic mass is 16.5. The lowest BCUT2D eigenvalue weighted by Gasteiger charge is -2.42. The molecule has 0 saturated carbocycles. The maximum atomic E-state index is 13.1. The van der Waals surface area contributed by atoms with Crippen molar-refractivity contribution in [3.05, 3.63) is 60.8 Å². The minimum absolute atomic E-state index is 0.00472. The first-order chi connectivity index (χ1) is 12.4. The lowest BCUT2D eigenvalue weighted by atomic mass is 9.90. The molecule has 0 aliphatic carbocycles. The number of carbonyl (C=O) groups is 2. The molecule has 2 heterocycles. The Morgan fingerprint density at radius 3 is 3.00 bits per heavy atom. The molecule has 2 amide bonds. The smallest absolute Gasteiger partial charge is 0.251 e. The number of fused-ring (bicyclic) bond motifs is 1. The van der Waals surface area contributed by atoms with Crippen LogP contribution >= 0.6 is 0 Å². The standard InChI is InChI=1S/C20H21N3O3/c1-4-11-26-16-8-6-5-7-15(16)21-19(25)20(3)13-18(24)22-17-12-14(2)9-10-23(17)20/h4-10,12H,1,11,13H2,2-3H3,(H,21,25). The first kappa shape index (κ1) is 17.7. The third-order valence-corrected chi connectivity index (χ3v) is 4.34. The fourth-order valence-corrected chi connectivity index (χ4v) is 2.93. The molecule has 1 aromatic carbocycles. The number of rotatable bonds is 5. The number of ether oxygens (including phenoxy) is 1. The van der Waals surface area contributed by atoms with Crippen LogP contribution in [0.3, 0.4) is 0 Å². The number of hydrogen-bond acceptors (Lipinski definition) is 4. The molecule has 134 valence electrons. The van der Waals surface area contributed by atoms with Gasteiger partial charge in [0.25, 0.3) is 11.8 Å². The number of para-hydroxylation sites is 2. The van der Waals surface area contributed by atoms with E-state index in [1.54, 1.807) is 42.3 Å². The molecule has 2 aliphatic rings. The molecule has 1 unspecified atom stereocenters. The zero-order valence-electron chi connectivity index (χ0n) is 14.9. The minimum atomic E-state index is -1.08. The Kier molecular flexibility index (Phi) is 4.75. The first-order valence-electron chi connectivity index (χ1n) is 8.35. The Morgan fingerprint density at radius 2 is 2.23 bits per heavy atom. The zero-order chi connectivity index (χ0) is 18.7. The summed E-state index contributed by atoms with van der Waals surface area (Å²) in [6.45, 7) is 7.61. The molecule has 3 rings (SSSR count). The molecule has 0 fully saturated rings. The Bertz CT molecular complexity index is 854. The van der Waals surface area contributed by atoms with Crippen molar-refractivity contribution in [2.45, 2.75) is 25.8 Å². The number of nitrogens with one attached hydrogen (secondary N) is 1. The van der Waals surface area contributed by atoms with Gasteiger partial charge in [-0.2, -0.15) is 4.99 Å². The summed E-state index contributed by atoms with van der Waals surface area (Å²) in [6, 6.07) is 7.17. The van der Waals surface area contributed by atoms with Gasteiger partial charge in [-0.1, -0.05) is 24.8 Å². The lowest BCUT2D eigenvalue weighted by Crippen LogP contribution is -2.58. The fourth-order valence-electron chi connectivity index (χ4n) is 2.93. The quantitative estimate of drug-likeness (QED) is 0.828. The molecule has 6 nitrogen and oxygen atoms in total. The van der Waals surface area contributed by atoms with Gasteiger partial charge in [0.1, 0.15) is 23.7 Å². The van der Waals surface area contributed by atoms with E-state index in [9.17, 15) is 9.59 Å². The summed E-state index contributed by atoms with van der Waals surface area (Å²) in [5.74, 6) is 0.412. The van der Waals surface area contributed by atoms with Crippen molar-refractivity contribution in [2.75, 3.05) is 11.9 Å². The van der Waals surface area contributed by atoms with Crippen LogP contribution in [0.5, 0.6) is 5.75 Å². The third-order valence-electron chi connectivity index (χ3n) is 4.34. The van der Waals surface area contributed by atoms with Crippen molar-refractivity contribution >= 4 is 23.3 Å². The summed E-state index contributed by atoms with van der Waals surface area (Å²) >= 11 is 0. The third kappa shape index (κ3) is 3.31. The Labute approximate surface area is 152 Å². The van der Waals surface area contributed by atoms with E-state index in [0.717, 1.165) is 5.57 Å². The monoisotopic (exact) mass is 351 g/mol. The van der Waals surface area contributed by atoms with Crippen LogP contribution in [0.15, 0.2) is 65.8 Å². The minimum Gasteiger partial charge on any atom is -0.487 e. The van der Waals surface area contributed by atoms with Crippen molar-refractivity contribution in [1.82, 2.24) is 4.90 Å². The fraction of sp³-hybridized carbons (Fsp3) is 0.250. The van der Waals surface area contributed by atoms with Crippen LogP contribution in [0.4, 0.5) is 5.69 Å². The van der Waals surface area contributed by atoms with Crippen LogP contribution in [0.1, 0.15) is 20.3 Å². The summed E-state index contributed by atoms with van der Waals surface area (Å²) in [6.07, 6.45) is 7.11. The second-order valence-electron chi connectivity index (χ2n) is 6.44. The molecule has 26 heavy (non-hydrogen) atoms. The number of amides is 2. The molecule has 0 spiro atoms. The van der Waals surface area contributed by atoms with Gasteiger partial charge in [-0.15, -0.1) is 0 Å². The highest BCUT2D eigenvalue weighted by Gasteiger charge is 2.45. The van der Waals surface area contributed by atoms with Gasteiger partial charge in [0.05, 0.1) is 12.1 Å². The predicted molar refractivity (Wildman–Crippen MR) is 101 cm³/mol. The summed E-state index contributed by atoms with van der Waals surface area (Å²) in [5.41, 5.74) is 0.443. The molecule has 2 aliphatic heterocycles. The van der Waals surface area contributed by atoms with Gasteiger partial charge in [-0.25, -0.2) is 0 Å². The van der Waals surface area contributed by atoms with Crippen LogP contribution in [-0.2, 0) is 9.59 Å². The van der Waals surface area contributed by atoms with E-state index in [4.69, 9.17) is 4.74 Å². The van der Waals surface area contributed by atoms with Crippen molar-refractivity contribution in [3.8, 4) is 5.75 Å². The van der Waals surface area contributed by atoms with Crippen LogP contribution in [-0.4, -0.2) is 34.7 Å². The SMILES string of the molecule is C=CCOc1ccccc1NC(=O)C1(C)CC(=O)N=C2C=C(C)C=CN21. The highest BCUT2D eigenvalue weighted by Crippen LogP contribution is 2.32. The van der Waals surface area contributed by atoms with Crippen molar-refractivity contribution < 1.29 is 14.3 Å². The van der Waals surface area contributed by atoms with E-state index in [1.165, 1.54) is 0 Å². The van der Waals surface area contributed by atoms with E-state index in [1.807, 2.05) is 25.1 Å². The average molecular weight is 351 g/mol. The topological polar surface area (TPSA) is 71.0 Å². The van der Waals surface area contributed by atoms with Crippen LogP contribution in [0.2, 0.25) is 0 Å². The zero-order valence-corrected chi connectivity index (χ0v) is 14.9. The van der Waals surface area contributed by atoms with E-state index < -0.39 is 5.54 Å². The number of anilines is 1. The average Bonchev–Trinajstić information content (AvgIpc) is 2.60. The Balaban J connectivity index is 1.88. The Hall–Kier alpha value is -3.15. The number of allylic oxidation sites excluding steroid dienone is 2. The largest absolute Gasteiger partial charge is 0.487 e. The van der Waals surface area contributed by atoms with Crippen molar-refractivity contribution in [3.63, 3.8) is 0 Å². The molecular weight excluding hydrogens is 330 g/mol. The Morgan fingerprint density at radius 1 is 1.46 bits per heavy atom.